The van der Waals surface area contributed by atoms with E-state index in [2.05, 4.69) is 17.1 Å². The van der Waals surface area contributed by atoms with Crippen molar-refractivity contribution in [1.29, 1.82) is 0 Å². The predicted molar refractivity (Wildman–Crippen MR) is 76.4 cm³/mol. The number of nitrogens with one attached hydrogen (secondary N) is 1. The van der Waals surface area contributed by atoms with Gasteiger partial charge in [0.1, 0.15) is 5.54 Å². The second kappa shape index (κ2) is 6.57. The van der Waals surface area contributed by atoms with Gasteiger partial charge in [-0.05, 0) is 57.5 Å². The van der Waals surface area contributed by atoms with Gasteiger partial charge in [0, 0.05) is 13.0 Å². The number of rotatable bonds is 5. The smallest absolute Gasteiger partial charge is 0.329 e. The molecule has 0 spiro atoms. The summed E-state index contributed by atoms with van der Waals surface area (Å²) >= 11 is 0. The highest BCUT2D eigenvalue weighted by molar-refractivity contribution is 5.87. The van der Waals surface area contributed by atoms with Gasteiger partial charge in [0.2, 0.25) is 5.91 Å². The van der Waals surface area contributed by atoms with Crippen LogP contribution in [-0.4, -0.2) is 47.1 Å². The predicted octanol–water partition coefficient (Wildman–Crippen LogP) is 1.62. The van der Waals surface area contributed by atoms with Crippen LogP contribution < -0.4 is 5.32 Å². The standard InChI is InChI=1S/C15H26N2O3/c1-12-4-7-15(8-5-12,14(19)20)16-13(18)6-11-17-9-2-3-10-17/h12H,2-11H2,1H3,(H,16,18)(H,19,20). The van der Waals surface area contributed by atoms with E-state index in [1.807, 2.05) is 0 Å². The maximum atomic E-state index is 12.1. The number of hydrogen-bond acceptors (Lipinski definition) is 3. The summed E-state index contributed by atoms with van der Waals surface area (Å²) in [6.07, 6.45) is 5.68. The number of carbonyl (C=O) groups excluding carboxylic acids is 1. The van der Waals surface area contributed by atoms with Gasteiger partial charge in [-0.15, -0.1) is 0 Å². The highest BCUT2D eigenvalue weighted by Crippen LogP contribution is 2.32. The number of hydrogen-bond donors (Lipinski definition) is 2. The van der Waals surface area contributed by atoms with Crippen LogP contribution in [0.5, 0.6) is 0 Å². The molecule has 0 aromatic heterocycles. The number of carboxylic acid groups (broad SMARTS) is 1. The Morgan fingerprint density at radius 2 is 1.85 bits per heavy atom. The average molecular weight is 282 g/mol. The van der Waals surface area contributed by atoms with Crippen LogP contribution >= 0.6 is 0 Å². The normalized spacial score (nSPS) is 31.1. The van der Waals surface area contributed by atoms with Gasteiger partial charge >= 0.3 is 5.97 Å². The minimum Gasteiger partial charge on any atom is -0.480 e. The Labute approximate surface area is 120 Å². The summed E-state index contributed by atoms with van der Waals surface area (Å²) in [6, 6.07) is 0. The number of amides is 1. The lowest BCUT2D eigenvalue weighted by Crippen LogP contribution is -2.56. The summed E-state index contributed by atoms with van der Waals surface area (Å²) < 4.78 is 0. The fourth-order valence-corrected chi connectivity index (χ4v) is 3.24. The fourth-order valence-electron chi connectivity index (χ4n) is 3.24. The second-order valence-corrected chi connectivity index (χ2v) is 6.42. The molecule has 2 fully saturated rings. The van der Waals surface area contributed by atoms with Gasteiger partial charge in [0.25, 0.3) is 0 Å². The lowest BCUT2D eigenvalue weighted by Gasteiger charge is -2.36. The molecule has 1 saturated heterocycles. The summed E-state index contributed by atoms with van der Waals surface area (Å²) in [5.41, 5.74) is -1.02. The minimum atomic E-state index is -1.02. The summed E-state index contributed by atoms with van der Waals surface area (Å²) in [5, 5.41) is 12.3. The molecule has 1 aliphatic carbocycles. The Bertz CT molecular complexity index is 356. The average Bonchev–Trinajstić information content (AvgIpc) is 2.92. The molecule has 114 valence electrons. The van der Waals surface area contributed by atoms with E-state index in [0.717, 1.165) is 32.5 Å². The van der Waals surface area contributed by atoms with Crippen LogP contribution in [-0.2, 0) is 9.59 Å². The Morgan fingerprint density at radius 3 is 2.40 bits per heavy atom. The van der Waals surface area contributed by atoms with E-state index in [4.69, 9.17) is 0 Å². The third kappa shape index (κ3) is 3.72. The monoisotopic (exact) mass is 282 g/mol. The van der Waals surface area contributed by atoms with Crippen molar-refractivity contribution in [2.75, 3.05) is 19.6 Å². The molecule has 1 amide bonds. The van der Waals surface area contributed by atoms with Crippen LogP contribution in [0.4, 0.5) is 0 Å². The molecule has 2 aliphatic rings. The maximum Gasteiger partial charge on any atom is 0.329 e. The molecular weight excluding hydrogens is 256 g/mol. The van der Waals surface area contributed by atoms with Gasteiger partial charge in [0.05, 0.1) is 0 Å². The Hall–Kier alpha value is -1.10. The van der Waals surface area contributed by atoms with Crippen molar-refractivity contribution in [1.82, 2.24) is 10.2 Å². The molecule has 20 heavy (non-hydrogen) atoms. The number of carbonyl (C=O) groups is 2. The molecule has 5 heteroatoms. The number of aliphatic carboxylic acids is 1. The van der Waals surface area contributed by atoms with Crippen LogP contribution in [0.15, 0.2) is 0 Å². The first-order chi connectivity index (χ1) is 9.52. The molecule has 1 aliphatic heterocycles. The Morgan fingerprint density at radius 1 is 1.25 bits per heavy atom. The first-order valence-corrected chi connectivity index (χ1v) is 7.79. The van der Waals surface area contributed by atoms with Crippen LogP contribution in [0.3, 0.4) is 0 Å². The second-order valence-electron chi connectivity index (χ2n) is 6.42. The topological polar surface area (TPSA) is 69.6 Å². The van der Waals surface area contributed by atoms with Crippen molar-refractivity contribution >= 4 is 11.9 Å². The molecule has 0 radical (unpaired) electrons. The van der Waals surface area contributed by atoms with Crippen molar-refractivity contribution in [3.63, 3.8) is 0 Å². The fraction of sp³-hybridized carbons (Fsp3) is 0.867. The van der Waals surface area contributed by atoms with Gasteiger partial charge in [-0.3, -0.25) is 4.79 Å². The summed E-state index contributed by atoms with van der Waals surface area (Å²) in [7, 11) is 0. The van der Waals surface area contributed by atoms with Crippen molar-refractivity contribution in [2.45, 2.75) is 57.4 Å². The third-order valence-electron chi connectivity index (χ3n) is 4.77. The third-order valence-corrected chi connectivity index (χ3v) is 4.77. The van der Waals surface area contributed by atoms with Gasteiger partial charge in [-0.1, -0.05) is 6.92 Å². The number of carboxylic acids is 1. The van der Waals surface area contributed by atoms with Gasteiger partial charge < -0.3 is 15.3 Å². The lowest BCUT2D eigenvalue weighted by atomic mass is 9.77. The largest absolute Gasteiger partial charge is 0.480 e. The maximum absolute atomic E-state index is 12.1. The van der Waals surface area contributed by atoms with Crippen molar-refractivity contribution < 1.29 is 14.7 Å². The van der Waals surface area contributed by atoms with Gasteiger partial charge in [-0.25, -0.2) is 4.79 Å². The van der Waals surface area contributed by atoms with E-state index in [1.54, 1.807) is 0 Å². The van der Waals surface area contributed by atoms with E-state index >= 15 is 0 Å². The van der Waals surface area contributed by atoms with E-state index < -0.39 is 11.5 Å². The molecule has 0 unspecified atom stereocenters. The Kier molecular flexibility index (Phi) is 5.02. The van der Waals surface area contributed by atoms with Gasteiger partial charge in [0.15, 0.2) is 0 Å². The molecule has 2 rings (SSSR count). The van der Waals surface area contributed by atoms with Crippen LogP contribution in [0.25, 0.3) is 0 Å². The van der Waals surface area contributed by atoms with Crippen molar-refractivity contribution in [3.8, 4) is 0 Å². The summed E-state index contributed by atoms with van der Waals surface area (Å²) in [4.78, 5) is 25.9. The molecule has 5 nitrogen and oxygen atoms in total. The van der Waals surface area contributed by atoms with E-state index in [0.29, 0.717) is 25.2 Å². The van der Waals surface area contributed by atoms with Crippen LogP contribution in [0.2, 0.25) is 0 Å². The number of nitrogens with zero attached hydrogens (tertiary/aromatic N) is 1. The molecule has 0 aromatic carbocycles. The zero-order valence-electron chi connectivity index (χ0n) is 12.4. The van der Waals surface area contributed by atoms with Crippen molar-refractivity contribution in [3.05, 3.63) is 0 Å². The van der Waals surface area contributed by atoms with Crippen LogP contribution in [0, 0.1) is 5.92 Å². The Balaban J connectivity index is 1.84. The zero-order valence-corrected chi connectivity index (χ0v) is 12.4. The zero-order chi connectivity index (χ0) is 14.6. The quantitative estimate of drug-likeness (QED) is 0.804. The first-order valence-electron chi connectivity index (χ1n) is 7.79. The molecule has 0 atom stereocenters. The van der Waals surface area contributed by atoms with Crippen molar-refractivity contribution in [2.24, 2.45) is 5.92 Å². The summed E-state index contributed by atoms with van der Waals surface area (Å²) in [5.74, 6) is -0.434. The molecule has 0 aromatic rings. The minimum absolute atomic E-state index is 0.117. The SMILES string of the molecule is CC1CCC(NC(=O)CCN2CCCC2)(C(=O)O)CC1. The van der Waals surface area contributed by atoms with Gasteiger partial charge in [-0.2, -0.15) is 0 Å². The molecule has 1 heterocycles. The van der Waals surface area contributed by atoms with E-state index in [9.17, 15) is 14.7 Å². The lowest BCUT2D eigenvalue weighted by molar-refractivity contribution is -0.149. The summed E-state index contributed by atoms with van der Waals surface area (Å²) in [6.45, 7) is 5.02. The molecular formula is C15H26N2O3. The van der Waals surface area contributed by atoms with E-state index in [1.165, 1.54) is 12.8 Å². The number of likely N-dealkylation sites (tertiary alicyclic amines) is 1. The highest BCUT2D eigenvalue weighted by atomic mass is 16.4. The molecule has 2 N–H and O–H groups in total. The highest BCUT2D eigenvalue weighted by Gasteiger charge is 2.42. The van der Waals surface area contributed by atoms with Crippen LogP contribution in [0.1, 0.15) is 51.9 Å². The first kappa shape index (κ1) is 15.3. The molecule has 1 saturated carbocycles. The molecule has 0 bridgehead atoms. The van der Waals surface area contributed by atoms with E-state index in [-0.39, 0.29) is 5.91 Å².